The number of carboxylic acids is 1. The van der Waals surface area contributed by atoms with Crippen LogP contribution in [0.15, 0.2) is 4.99 Å². The summed E-state index contributed by atoms with van der Waals surface area (Å²) < 4.78 is 0. The number of nitrogens with zero attached hydrogens (tertiary/aromatic N) is 2. The predicted molar refractivity (Wildman–Crippen MR) is 76.6 cm³/mol. The van der Waals surface area contributed by atoms with Crippen molar-refractivity contribution in [3.63, 3.8) is 0 Å². The minimum Gasteiger partial charge on any atom is -0.862 e. The molecule has 0 aliphatic carbocycles. The topological polar surface area (TPSA) is 96.2 Å². The van der Waals surface area contributed by atoms with Gasteiger partial charge in [-0.15, -0.1) is 0 Å². The third-order valence-corrected chi connectivity index (χ3v) is 2.82. The average molecular weight is 310 g/mol. The van der Waals surface area contributed by atoms with Gasteiger partial charge in [-0.2, -0.15) is 0 Å². The molecular formula is C14H27N2NaO4. The molecule has 118 valence electrons. The standard InChI is InChI=1S/C14H28N2O4.Na/c1-3-4-5-6-7-8-13(18)15-11-16(9-12(2)17)10-14(19)20;/h12,17H,3-11H2,1-2H3,(H,15,18)(H,19,20);/q;+1/p-1. The molecule has 7 heteroatoms. The molecule has 0 spiro atoms. The Morgan fingerprint density at radius 2 is 1.90 bits per heavy atom. The smallest absolute Gasteiger partial charge is 0.862 e. The zero-order chi connectivity index (χ0) is 15.4. The Morgan fingerprint density at radius 1 is 1.29 bits per heavy atom. The Morgan fingerprint density at radius 3 is 2.43 bits per heavy atom. The molecule has 21 heavy (non-hydrogen) atoms. The molecule has 0 fully saturated rings. The van der Waals surface area contributed by atoms with Gasteiger partial charge in [-0.05, 0) is 25.7 Å². The van der Waals surface area contributed by atoms with Gasteiger partial charge < -0.3 is 15.3 Å². The van der Waals surface area contributed by atoms with Crippen LogP contribution in [0.1, 0.15) is 52.4 Å². The maximum absolute atomic E-state index is 11.5. The van der Waals surface area contributed by atoms with E-state index in [-0.39, 0.29) is 55.2 Å². The molecule has 0 aliphatic rings. The van der Waals surface area contributed by atoms with Crippen LogP contribution in [0, 0.1) is 0 Å². The first kappa shape index (κ1) is 23.1. The number of rotatable bonds is 12. The van der Waals surface area contributed by atoms with Crippen LogP contribution >= 0.6 is 0 Å². The SMILES string of the molecule is CCCCCCCC([O-])=NCN(CC(=O)O)CC(C)O.[Na+]. The van der Waals surface area contributed by atoms with E-state index in [1.54, 1.807) is 6.92 Å². The Kier molecular flexibility index (Phi) is 16.3. The van der Waals surface area contributed by atoms with E-state index < -0.39 is 12.1 Å². The molecule has 0 saturated heterocycles. The maximum Gasteiger partial charge on any atom is 1.00 e. The summed E-state index contributed by atoms with van der Waals surface area (Å²) >= 11 is 0. The zero-order valence-corrected chi connectivity index (χ0v) is 15.5. The number of hydrogen-bond acceptors (Lipinski definition) is 5. The third kappa shape index (κ3) is 16.1. The fourth-order valence-electron chi connectivity index (χ4n) is 1.87. The van der Waals surface area contributed by atoms with Crippen molar-refractivity contribution in [3.05, 3.63) is 0 Å². The molecular weight excluding hydrogens is 283 g/mol. The molecule has 0 aliphatic heterocycles. The Hall–Kier alpha value is -0.140. The van der Waals surface area contributed by atoms with Crippen molar-refractivity contribution in [2.75, 3.05) is 19.8 Å². The molecule has 0 radical (unpaired) electrons. The van der Waals surface area contributed by atoms with Crippen LogP contribution in [0.2, 0.25) is 0 Å². The van der Waals surface area contributed by atoms with Gasteiger partial charge in [-0.3, -0.25) is 14.7 Å². The first-order valence-corrected chi connectivity index (χ1v) is 7.28. The molecule has 0 aromatic heterocycles. The number of hydrogen-bond donors (Lipinski definition) is 2. The van der Waals surface area contributed by atoms with Crippen LogP contribution in [-0.2, 0) is 4.79 Å². The van der Waals surface area contributed by atoms with Crippen molar-refractivity contribution in [2.45, 2.75) is 58.5 Å². The van der Waals surface area contributed by atoms with Crippen LogP contribution in [0.25, 0.3) is 0 Å². The second-order valence-electron chi connectivity index (χ2n) is 5.11. The normalized spacial score (nSPS) is 13.0. The van der Waals surface area contributed by atoms with E-state index in [4.69, 9.17) is 5.11 Å². The minimum atomic E-state index is -0.993. The van der Waals surface area contributed by atoms with Crippen molar-refractivity contribution in [1.82, 2.24) is 4.90 Å². The quantitative estimate of drug-likeness (QED) is 0.185. The molecule has 6 nitrogen and oxygen atoms in total. The van der Waals surface area contributed by atoms with Crippen molar-refractivity contribution in [1.29, 1.82) is 0 Å². The van der Waals surface area contributed by atoms with Gasteiger partial charge in [0.2, 0.25) is 0 Å². The number of unbranched alkanes of at least 4 members (excludes halogenated alkanes) is 4. The van der Waals surface area contributed by atoms with Crippen molar-refractivity contribution >= 4 is 11.9 Å². The molecule has 0 aromatic rings. The van der Waals surface area contributed by atoms with Gasteiger partial charge >= 0.3 is 35.5 Å². The van der Waals surface area contributed by atoms with E-state index in [2.05, 4.69) is 11.9 Å². The first-order valence-electron chi connectivity index (χ1n) is 7.28. The van der Waals surface area contributed by atoms with Crippen LogP contribution < -0.4 is 34.7 Å². The van der Waals surface area contributed by atoms with E-state index >= 15 is 0 Å². The summed E-state index contributed by atoms with van der Waals surface area (Å²) in [6.45, 7) is 3.72. The third-order valence-electron chi connectivity index (χ3n) is 2.82. The number of carbonyl (C=O) groups is 1. The van der Waals surface area contributed by atoms with E-state index in [0.29, 0.717) is 6.42 Å². The van der Waals surface area contributed by atoms with Gasteiger partial charge in [0.05, 0.1) is 19.3 Å². The van der Waals surface area contributed by atoms with Crippen LogP contribution in [0.4, 0.5) is 0 Å². The number of aliphatic hydroxyl groups is 1. The van der Waals surface area contributed by atoms with Gasteiger partial charge in [0, 0.05) is 6.54 Å². The molecule has 2 N–H and O–H groups in total. The fourth-order valence-corrected chi connectivity index (χ4v) is 1.87. The first-order chi connectivity index (χ1) is 9.45. The number of aliphatic carboxylic acids is 1. The van der Waals surface area contributed by atoms with E-state index in [9.17, 15) is 15.0 Å². The molecule has 0 heterocycles. The average Bonchev–Trinajstić information content (AvgIpc) is 2.34. The van der Waals surface area contributed by atoms with Crippen molar-refractivity contribution in [2.24, 2.45) is 4.99 Å². The number of aliphatic hydroxyl groups excluding tert-OH is 1. The summed E-state index contributed by atoms with van der Waals surface area (Å²) in [6.07, 6.45) is 5.12. The molecule has 0 rings (SSSR count). The largest absolute Gasteiger partial charge is 1.00 e. The summed E-state index contributed by atoms with van der Waals surface area (Å²) in [5.74, 6) is -1.18. The molecule has 1 unspecified atom stereocenters. The van der Waals surface area contributed by atoms with Gasteiger partial charge in [-0.25, -0.2) is 0 Å². The van der Waals surface area contributed by atoms with Crippen LogP contribution in [0.3, 0.4) is 0 Å². The Labute approximate surface area is 149 Å². The second-order valence-corrected chi connectivity index (χ2v) is 5.11. The van der Waals surface area contributed by atoms with Crippen LogP contribution in [-0.4, -0.2) is 52.8 Å². The zero-order valence-electron chi connectivity index (χ0n) is 13.5. The molecule has 0 amide bonds. The summed E-state index contributed by atoms with van der Waals surface area (Å²) in [6, 6.07) is 0. The van der Waals surface area contributed by atoms with E-state index in [0.717, 1.165) is 19.3 Å². The monoisotopic (exact) mass is 310 g/mol. The predicted octanol–water partition coefficient (Wildman–Crippen LogP) is -2.17. The summed E-state index contributed by atoms with van der Waals surface area (Å²) in [5, 5.41) is 29.5. The van der Waals surface area contributed by atoms with Crippen LogP contribution in [0.5, 0.6) is 0 Å². The fraction of sp³-hybridized carbons (Fsp3) is 0.857. The molecule has 0 aromatic carbocycles. The van der Waals surface area contributed by atoms with Gasteiger partial charge in [0.1, 0.15) is 0 Å². The van der Waals surface area contributed by atoms with E-state index in [1.165, 1.54) is 17.7 Å². The van der Waals surface area contributed by atoms with Gasteiger partial charge in [0.25, 0.3) is 0 Å². The molecule has 0 saturated carbocycles. The van der Waals surface area contributed by atoms with Gasteiger partial charge in [0.15, 0.2) is 0 Å². The summed E-state index contributed by atoms with van der Waals surface area (Å²) in [5.41, 5.74) is 0. The van der Waals surface area contributed by atoms with Crippen molar-refractivity contribution in [3.8, 4) is 0 Å². The molecule has 0 bridgehead atoms. The summed E-state index contributed by atoms with van der Waals surface area (Å²) in [4.78, 5) is 16.0. The van der Waals surface area contributed by atoms with E-state index in [1.807, 2.05) is 0 Å². The summed E-state index contributed by atoms with van der Waals surface area (Å²) in [7, 11) is 0. The van der Waals surface area contributed by atoms with Crippen molar-refractivity contribution < 1.29 is 49.7 Å². The minimum absolute atomic E-state index is 0. The maximum atomic E-state index is 11.5. The Bertz CT molecular complexity index is 299. The Balaban J connectivity index is 0. The van der Waals surface area contributed by atoms with Gasteiger partial charge in [-0.1, -0.05) is 32.6 Å². The molecule has 1 atom stereocenters. The number of carboxylic acid groups (broad SMARTS) is 1. The number of aliphatic imine (C=N–C) groups is 1. The second kappa shape index (κ2) is 14.8.